The van der Waals surface area contributed by atoms with E-state index in [0.717, 1.165) is 80.9 Å². The first-order chi connectivity index (χ1) is 16.1. The number of pyridine rings is 2. The lowest BCUT2D eigenvalue weighted by atomic mass is 9.96. The second-order valence-corrected chi connectivity index (χ2v) is 9.55. The molecule has 0 radical (unpaired) electrons. The van der Waals surface area contributed by atoms with Crippen LogP contribution >= 0.6 is 0 Å². The summed E-state index contributed by atoms with van der Waals surface area (Å²) in [6, 6.07) is 12.2. The van der Waals surface area contributed by atoms with Gasteiger partial charge in [-0.15, -0.1) is 0 Å². The summed E-state index contributed by atoms with van der Waals surface area (Å²) in [5.74, 6) is 1.87. The molecular formula is C25H27N7O. The number of carbonyl (C=O) groups is 1. The summed E-state index contributed by atoms with van der Waals surface area (Å²) < 4.78 is 0. The molecule has 6 rings (SSSR count). The van der Waals surface area contributed by atoms with Gasteiger partial charge in [-0.3, -0.25) is 4.79 Å². The number of hydrogen-bond acceptors (Lipinski definition) is 6. The fourth-order valence-electron chi connectivity index (χ4n) is 5.15. The number of nitriles is 1. The van der Waals surface area contributed by atoms with Crippen LogP contribution in [-0.4, -0.2) is 56.9 Å². The highest BCUT2D eigenvalue weighted by molar-refractivity contribution is 5.80. The van der Waals surface area contributed by atoms with E-state index in [1.165, 1.54) is 0 Å². The van der Waals surface area contributed by atoms with Gasteiger partial charge in [0, 0.05) is 26.2 Å². The summed E-state index contributed by atoms with van der Waals surface area (Å²) >= 11 is 0. The topological polar surface area (TPSA) is 102 Å². The molecule has 1 unspecified atom stereocenters. The average Bonchev–Trinajstić information content (AvgIpc) is 3.27. The minimum absolute atomic E-state index is 0.0471. The van der Waals surface area contributed by atoms with Crippen molar-refractivity contribution in [1.82, 2.24) is 24.8 Å². The van der Waals surface area contributed by atoms with Gasteiger partial charge >= 0.3 is 0 Å². The molecule has 2 aliphatic heterocycles. The Labute approximate surface area is 192 Å². The highest BCUT2D eigenvalue weighted by Gasteiger charge is 2.46. The first kappa shape index (κ1) is 20.2. The maximum atomic E-state index is 12.9. The van der Waals surface area contributed by atoms with Crippen molar-refractivity contribution in [2.24, 2.45) is 5.92 Å². The quantitative estimate of drug-likeness (QED) is 0.666. The van der Waals surface area contributed by atoms with Gasteiger partial charge in [0.15, 0.2) is 11.5 Å². The number of fused-ring (bicyclic) bond motifs is 1. The van der Waals surface area contributed by atoms with Crippen molar-refractivity contribution in [2.45, 2.75) is 43.9 Å². The van der Waals surface area contributed by atoms with Gasteiger partial charge in [0.05, 0.1) is 28.6 Å². The molecule has 0 aromatic carbocycles. The Morgan fingerprint density at radius 3 is 2.70 bits per heavy atom. The third-order valence-corrected chi connectivity index (χ3v) is 7.29. The number of aromatic nitrogens is 4. The van der Waals surface area contributed by atoms with E-state index >= 15 is 0 Å². The summed E-state index contributed by atoms with van der Waals surface area (Å²) in [4.78, 5) is 34.7. The van der Waals surface area contributed by atoms with E-state index in [-0.39, 0.29) is 5.92 Å². The number of anilines is 1. The molecule has 1 amide bonds. The number of nitrogens with zero attached hydrogens (tertiary/aromatic N) is 6. The number of aromatic amines is 1. The molecule has 1 saturated carbocycles. The van der Waals surface area contributed by atoms with Crippen molar-refractivity contribution in [2.75, 3.05) is 31.1 Å². The van der Waals surface area contributed by atoms with Gasteiger partial charge in [0.25, 0.3) is 0 Å². The van der Waals surface area contributed by atoms with Crippen LogP contribution in [0.25, 0.3) is 22.7 Å². The van der Waals surface area contributed by atoms with Crippen LogP contribution in [0.5, 0.6) is 0 Å². The van der Waals surface area contributed by atoms with E-state index in [2.05, 4.69) is 16.0 Å². The average molecular weight is 442 g/mol. The summed E-state index contributed by atoms with van der Waals surface area (Å²) in [6.45, 7) is 3.42. The Bertz CT molecular complexity index is 1250. The molecular weight excluding hydrogens is 414 g/mol. The third kappa shape index (κ3) is 3.62. The molecule has 3 aromatic rings. The summed E-state index contributed by atoms with van der Waals surface area (Å²) in [5, 5.41) is 9.50. The third-order valence-electron chi connectivity index (χ3n) is 7.29. The Kier molecular flexibility index (Phi) is 4.79. The molecule has 8 nitrogen and oxygen atoms in total. The van der Waals surface area contributed by atoms with Gasteiger partial charge < -0.3 is 14.8 Å². The number of piperidine rings is 1. The van der Waals surface area contributed by atoms with Crippen molar-refractivity contribution in [3.05, 3.63) is 36.0 Å². The first-order valence-corrected chi connectivity index (χ1v) is 11.9. The van der Waals surface area contributed by atoms with Gasteiger partial charge in [-0.25, -0.2) is 15.0 Å². The van der Waals surface area contributed by atoms with Crippen LogP contribution < -0.4 is 4.90 Å². The smallest absolute Gasteiger partial charge is 0.227 e. The van der Waals surface area contributed by atoms with Crippen molar-refractivity contribution in [1.29, 1.82) is 5.26 Å². The van der Waals surface area contributed by atoms with Crippen molar-refractivity contribution in [3.63, 3.8) is 0 Å². The fraction of sp³-hybridized carbons (Fsp3) is 0.480. The normalized spacial score (nSPS) is 21.8. The molecule has 3 aliphatic rings. The zero-order valence-electron chi connectivity index (χ0n) is 18.6. The molecule has 5 heterocycles. The van der Waals surface area contributed by atoms with Crippen LogP contribution in [0.4, 0.5) is 5.82 Å². The number of rotatable bonds is 4. The molecule has 8 heteroatoms. The van der Waals surface area contributed by atoms with Crippen LogP contribution in [0.2, 0.25) is 0 Å². The van der Waals surface area contributed by atoms with Crippen molar-refractivity contribution in [3.8, 4) is 17.6 Å². The van der Waals surface area contributed by atoms with E-state index in [9.17, 15) is 10.1 Å². The number of imidazole rings is 1. The molecule has 1 aliphatic carbocycles. The molecule has 1 N–H and O–H groups in total. The van der Waals surface area contributed by atoms with Gasteiger partial charge in [-0.1, -0.05) is 6.07 Å². The monoisotopic (exact) mass is 441 g/mol. The summed E-state index contributed by atoms with van der Waals surface area (Å²) in [6.07, 6.45) is 5.92. The van der Waals surface area contributed by atoms with E-state index in [4.69, 9.17) is 15.0 Å². The molecule has 3 aromatic heterocycles. The Morgan fingerprint density at radius 1 is 1.06 bits per heavy atom. The summed E-state index contributed by atoms with van der Waals surface area (Å²) in [5.41, 5.74) is 2.61. The maximum absolute atomic E-state index is 12.9. The second kappa shape index (κ2) is 7.84. The SMILES string of the molecule is N#CC1(c2cccc(-c3nc4nc(N5CCCC(C(=O)N6CCCC6)C5)ccc4[nH]3)n2)CC1. The van der Waals surface area contributed by atoms with Crippen molar-refractivity contribution >= 4 is 22.9 Å². The lowest BCUT2D eigenvalue weighted by Gasteiger charge is -2.34. The highest BCUT2D eigenvalue weighted by atomic mass is 16.2. The highest BCUT2D eigenvalue weighted by Crippen LogP contribution is 2.46. The maximum Gasteiger partial charge on any atom is 0.227 e. The van der Waals surface area contributed by atoms with Crippen LogP contribution in [0.15, 0.2) is 30.3 Å². The number of hydrogen-bond donors (Lipinski definition) is 1. The van der Waals surface area contributed by atoms with Gasteiger partial charge in [-0.2, -0.15) is 5.26 Å². The Hall–Kier alpha value is -3.47. The van der Waals surface area contributed by atoms with Crippen LogP contribution in [0.1, 0.15) is 44.2 Å². The number of likely N-dealkylation sites (tertiary alicyclic amines) is 1. The van der Waals surface area contributed by atoms with Crippen LogP contribution in [0.3, 0.4) is 0 Å². The van der Waals surface area contributed by atoms with Gasteiger partial charge in [0.2, 0.25) is 5.91 Å². The number of nitrogens with one attached hydrogen (secondary N) is 1. The second-order valence-electron chi connectivity index (χ2n) is 9.55. The van der Waals surface area contributed by atoms with E-state index in [1.807, 2.05) is 35.2 Å². The standard InChI is InChI=1S/C25H27N7O/c26-16-25(10-11-25)20-7-3-6-18(27-20)22-28-19-8-9-21(29-23(19)30-22)32-14-4-5-17(15-32)24(33)31-12-1-2-13-31/h3,6-9,17H,1-2,4-5,10-15H2,(H,28,29,30). The Balaban J connectivity index is 1.24. The van der Waals surface area contributed by atoms with E-state index in [0.29, 0.717) is 23.9 Å². The van der Waals surface area contributed by atoms with Gasteiger partial charge in [-0.05, 0) is 62.8 Å². The van der Waals surface area contributed by atoms with E-state index in [1.54, 1.807) is 0 Å². The zero-order valence-corrected chi connectivity index (χ0v) is 18.6. The number of carbonyl (C=O) groups excluding carboxylic acids is 1. The first-order valence-electron chi connectivity index (χ1n) is 11.9. The molecule has 2 saturated heterocycles. The summed E-state index contributed by atoms with van der Waals surface area (Å²) in [7, 11) is 0. The predicted octanol–water partition coefficient (Wildman–Crippen LogP) is 3.41. The van der Waals surface area contributed by atoms with E-state index < -0.39 is 5.41 Å². The molecule has 0 spiro atoms. The fourth-order valence-corrected chi connectivity index (χ4v) is 5.15. The number of amides is 1. The molecule has 0 bridgehead atoms. The van der Waals surface area contributed by atoms with Gasteiger partial charge in [0.1, 0.15) is 11.5 Å². The molecule has 33 heavy (non-hydrogen) atoms. The van der Waals surface area contributed by atoms with Crippen molar-refractivity contribution < 1.29 is 4.79 Å². The molecule has 168 valence electrons. The van der Waals surface area contributed by atoms with Crippen LogP contribution in [0, 0.1) is 17.2 Å². The lowest BCUT2D eigenvalue weighted by molar-refractivity contribution is -0.134. The minimum Gasteiger partial charge on any atom is -0.356 e. The van der Waals surface area contributed by atoms with Crippen LogP contribution in [-0.2, 0) is 10.2 Å². The molecule has 3 fully saturated rings. The largest absolute Gasteiger partial charge is 0.356 e. The Morgan fingerprint density at radius 2 is 1.91 bits per heavy atom. The molecule has 1 atom stereocenters. The zero-order chi connectivity index (χ0) is 22.4. The number of H-pyrrole nitrogens is 1. The minimum atomic E-state index is -0.426. The predicted molar refractivity (Wildman–Crippen MR) is 124 cm³/mol. The lowest BCUT2D eigenvalue weighted by Crippen LogP contribution is -2.44.